The van der Waals surface area contributed by atoms with Crippen LogP contribution in [-0.2, 0) is 38.3 Å². The summed E-state index contributed by atoms with van der Waals surface area (Å²) in [5.74, 6) is -7.60. The van der Waals surface area contributed by atoms with Crippen LogP contribution in [0.25, 0.3) is 0 Å². The summed E-state index contributed by atoms with van der Waals surface area (Å²) in [4.78, 5) is 121. The number of hydrogen-bond acceptors (Lipinski definition) is 12. The highest BCUT2D eigenvalue weighted by Gasteiger charge is 2.45. The number of aromatic hydroxyl groups is 1. The minimum Gasteiger partial charge on any atom is -0.505 e. The van der Waals surface area contributed by atoms with Crippen LogP contribution in [0.4, 0.5) is 0 Å². The van der Waals surface area contributed by atoms with Crippen LogP contribution in [0.15, 0.2) is 18.3 Å². The highest BCUT2D eigenvalue weighted by atomic mass is 16.5. The minimum atomic E-state index is -1.70. The number of aliphatic hydroxyl groups is 1. The number of aliphatic hydroxyl groups excluding tert-OH is 1. The van der Waals surface area contributed by atoms with Gasteiger partial charge in [0.2, 0.25) is 35.4 Å². The lowest BCUT2D eigenvalue weighted by molar-refractivity contribution is -0.161. The van der Waals surface area contributed by atoms with Crippen molar-refractivity contribution >= 4 is 47.3 Å². The summed E-state index contributed by atoms with van der Waals surface area (Å²) >= 11 is 0. The van der Waals surface area contributed by atoms with Gasteiger partial charge in [-0.3, -0.25) is 33.6 Å². The number of carbonyl (C=O) groups excluding carboxylic acids is 8. The average molecular weight is 859 g/mol. The number of nitrogens with one attached hydrogen (secondary N) is 3. The van der Waals surface area contributed by atoms with Crippen LogP contribution in [0, 0.1) is 23.7 Å². The third-order valence-electron chi connectivity index (χ3n) is 11.4. The molecule has 19 nitrogen and oxygen atoms in total. The van der Waals surface area contributed by atoms with E-state index in [1.54, 1.807) is 20.8 Å². The lowest BCUT2D eigenvalue weighted by atomic mass is 9.88. The molecule has 2 aliphatic heterocycles. The Bertz CT molecular complexity index is 1790. The second kappa shape index (κ2) is 21.5. The Kier molecular flexibility index (Phi) is 17.6. The van der Waals surface area contributed by atoms with E-state index < -0.39 is 120 Å². The van der Waals surface area contributed by atoms with Gasteiger partial charge in [0.05, 0.1) is 12.6 Å². The maximum Gasteiger partial charge on any atom is 0.329 e. The number of cyclic esters (lactones) is 1. The molecule has 19 heteroatoms. The van der Waals surface area contributed by atoms with Gasteiger partial charge in [0, 0.05) is 40.3 Å². The number of fused-ring (bicyclic) bond motifs is 1. The second-order valence-electron chi connectivity index (χ2n) is 17.6. The van der Waals surface area contributed by atoms with E-state index in [0.29, 0.717) is 0 Å². The molecule has 7 amide bonds. The average Bonchev–Trinajstić information content (AvgIpc) is 3.57. The maximum atomic E-state index is 14.4. The molecule has 0 aliphatic carbocycles. The van der Waals surface area contributed by atoms with Gasteiger partial charge in [-0.2, -0.15) is 0 Å². The Morgan fingerprint density at radius 1 is 0.885 bits per heavy atom. The molecule has 340 valence electrons. The maximum absolute atomic E-state index is 14.4. The fraction of sp³-hybridized carbons (Fsp3) is 0.690. The highest BCUT2D eigenvalue weighted by molar-refractivity contribution is 6.00. The Morgan fingerprint density at radius 3 is 2.08 bits per heavy atom. The van der Waals surface area contributed by atoms with E-state index in [0.717, 1.165) is 14.7 Å². The number of rotatable bonds is 8. The zero-order chi connectivity index (χ0) is 46.2. The molecule has 1 aromatic heterocycles. The first-order valence-electron chi connectivity index (χ1n) is 20.9. The van der Waals surface area contributed by atoms with Gasteiger partial charge in [-0.05, 0) is 62.5 Å². The monoisotopic (exact) mass is 858 g/mol. The fourth-order valence-corrected chi connectivity index (χ4v) is 7.57. The molecule has 5 N–H and O–H groups in total. The molecule has 9 atom stereocenters. The van der Waals surface area contributed by atoms with Crippen molar-refractivity contribution in [3.8, 4) is 5.75 Å². The zero-order valence-corrected chi connectivity index (χ0v) is 37.5. The molecule has 2 aliphatic rings. The number of esters is 1. The predicted octanol–water partition coefficient (Wildman–Crippen LogP) is 0.279. The third-order valence-corrected chi connectivity index (χ3v) is 11.4. The van der Waals surface area contributed by atoms with Crippen molar-refractivity contribution in [2.24, 2.45) is 23.7 Å². The largest absolute Gasteiger partial charge is 0.505 e. The lowest BCUT2D eigenvalue weighted by Gasteiger charge is -2.37. The SMILES string of the molecule is CC(C)C[C@H]1NC(=O)[C@@H](NC(=O)c2ncccc2O)[C@@H](C)OC(=O)[C@H](CC(C)C)N(C)C(=O)[C@H](C)NC(=O)[C@H]([C@@H](C)C(C)C)N(C)C(=O)CN(C)C(=O)[C@H]2C[C@@H](O)CN2C1=O. The van der Waals surface area contributed by atoms with E-state index in [-0.39, 0.29) is 43.6 Å². The topological polar surface area (TPSA) is 248 Å². The molecule has 3 heterocycles. The van der Waals surface area contributed by atoms with Crippen molar-refractivity contribution in [3.63, 3.8) is 0 Å². The third kappa shape index (κ3) is 12.6. The fourth-order valence-electron chi connectivity index (χ4n) is 7.57. The zero-order valence-electron chi connectivity index (χ0n) is 37.5. The molecular weight excluding hydrogens is 793 g/mol. The van der Waals surface area contributed by atoms with Crippen molar-refractivity contribution in [1.29, 1.82) is 0 Å². The molecule has 0 saturated carbocycles. The van der Waals surface area contributed by atoms with Gasteiger partial charge in [-0.15, -0.1) is 0 Å². The van der Waals surface area contributed by atoms with Gasteiger partial charge in [0.15, 0.2) is 5.69 Å². The van der Waals surface area contributed by atoms with Crippen molar-refractivity contribution in [2.75, 3.05) is 34.2 Å². The first-order chi connectivity index (χ1) is 28.4. The summed E-state index contributed by atoms with van der Waals surface area (Å²) < 4.78 is 5.85. The van der Waals surface area contributed by atoms with Gasteiger partial charge < -0.3 is 50.5 Å². The summed E-state index contributed by atoms with van der Waals surface area (Å²) in [7, 11) is 4.17. The number of likely N-dealkylation sites (N-methyl/N-ethyl adjacent to an activating group) is 3. The minimum absolute atomic E-state index is 0.0477. The molecule has 0 aromatic carbocycles. The van der Waals surface area contributed by atoms with Crippen LogP contribution in [0.1, 0.15) is 92.1 Å². The van der Waals surface area contributed by atoms with Crippen LogP contribution in [0.5, 0.6) is 5.75 Å². The summed E-state index contributed by atoms with van der Waals surface area (Å²) in [5, 5.41) is 29.0. The van der Waals surface area contributed by atoms with Crippen LogP contribution >= 0.6 is 0 Å². The summed E-state index contributed by atoms with van der Waals surface area (Å²) in [5.41, 5.74) is -0.438. The Labute approximate surface area is 358 Å². The van der Waals surface area contributed by atoms with Gasteiger partial charge in [0.1, 0.15) is 48.1 Å². The molecule has 1 aromatic rings. The molecule has 0 unspecified atom stereocenters. The van der Waals surface area contributed by atoms with E-state index in [1.165, 1.54) is 58.2 Å². The van der Waals surface area contributed by atoms with Gasteiger partial charge >= 0.3 is 5.97 Å². The van der Waals surface area contributed by atoms with Crippen LogP contribution < -0.4 is 16.0 Å². The van der Waals surface area contributed by atoms with E-state index in [4.69, 9.17) is 4.74 Å². The molecule has 2 saturated heterocycles. The first kappa shape index (κ1) is 50.0. The number of pyridine rings is 1. The van der Waals surface area contributed by atoms with Gasteiger partial charge in [-0.25, -0.2) is 9.78 Å². The number of ether oxygens (including phenoxy) is 1. The van der Waals surface area contributed by atoms with Crippen molar-refractivity contribution < 1.29 is 53.3 Å². The number of nitrogens with zero attached hydrogens (tertiary/aromatic N) is 5. The van der Waals surface area contributed by atoms with Gasteiger partial charge in [-0.1, -0.05) is 48.5 Å². The quantitative estimate of drug-likeness (QED) is 0.221. The molecule has 0 radical (unpaired) electrons. The molecule has 0 spiro atoms. The standard InChI is InChI=1S/C42H66N8O11/c1-21(2)16-28-40(58)50-19-27(51)18-29(50)41(59)47(10)20-32(53)49(12)35(24(7)23(5)6)38(56)44-25(8)39(57)48(11)30(17-22(3)4)42(60)61-26(9)33(36(54)45-28)46-37(55)34-31(52)14-13-15-43-34/h13-15,21-30,33,35,51-52H,16-20H2,1-12H3,(H,44,56)(H,45,54)(H,46,55)/t24-,25-,26+,27+,28+,29+,30-,33-,35-/m0/s1. The molecule has 61 heavy (non-hydrogen) atoms. The van der Waals surface area contributed by atoms with Crippen LogP contribution in [0.2, 0.25) is 0 Å². The van der Waals surface area contributed by atoms with Gasteiger partial charge in [0.25, 0.3) is 5.91 Å². The normalized spacial score (nSPS) is 27.7. The van der Waals surface area contributed by atoms with Crippen LogP contribution in [0.3, 0.4) is 0 Å². The molecule has 2 fully saturated rings. The number of aromatic nitrogens is 1. The number of hydrogen-bond donors (Lipinski definition) is 5. The van der Waals surface area contributed by atoms with Crippen molar-refractivity contribution in [3.05, 3.63) is 24.0 Å². The highest BCUT2D eigenvalue weighted by Crippen LogP contribution is 2.25. The van der Waals surface area contributed by atoms with Crippen molar-refractivity contribution in [2.45, 2.75) is 130 Å². The van der Waals surface area contributed by atoms with E-state index in [2.05, 4.69) is 20.9 Å². The Balaban J connectivity index is 2.19. The lowest BCUT2D eigenvalue weighted by Crippen LogP contribution is -2.61. The Hall–Kier alpha value is -5.33. The molecular formula is C42H66N8O11. The summed E-state index contributed by atoms with van der Waals surface area (Å²) in [6.45, 7) is 14.8. The first-order valence-corrected chi connectivity index (χ1v) is 20.9. The van der Waals surface area contributed by atoms with E-state index >= 15 is 0 Å². The number of carbonyl (C=O) groups is 8. The van der Waals surface area contributed by atoms with E-state index in [9.17, 15) is 48.6 Å². The molecule has 0 bridgehead atoms. The van der Waals surface area contributed by atoms with E-state index in [1.807, 2.05) is 27.7 Å². The summed E-state index contributed by atoms with van der Waals surface area (Å²) in [6.07, 6.45) is -1.33. The number of amides is 7. The van der Waals surface area contributed by atoms with Crippen molar-refractivity contribution in [1.82, 2.24) is 40.5 Å². The predicted molar refractivity (Wildman–Crippen MR) is 222 cm³/mol. The second-order valence-corrected chi connectivity index (χ2v) is 17.6. The smallest absolute Gasteiger partial charge is 0.329 e. The van der Waals surface area contributed by atoms with Crippen LogP contribution in [-0.4, -0.2) is 165 Å². The Morgan fingerprint density at radius 2 is 1.51 bits per heavy atom. The summed E-state index contributed by atoms with van der Waals surface area (Å²) in [6, 6.07) is -5.15. The molecule has 3 rings (SSSR count).